The van der Waals surface area contributed by atoms with Crippen molar-refractivity contribution in [1.29, 1.82) is 0 Å². The van der Waals surface area contributed by atoms with Crippen LogP contribution in [0.1, 0.15) is 37.8 Å². The molecular formula is C15H22N2OS. The Bertz CT molecular complexity index is 485. The summed E-state index contributed by atoms with van der Waals surface area (Å²) in [6, 6.07) is 5.92. The molecule has 0 aliphatic carbocycles. The van der Waals surface area contributed by atoms with Crippen LogP contribution in [0.5, 0.6) is 5.75 Å². The van der Waals surface area contributed by atoms with Gasteiger partial charge in [0.2, 0.25) is 0 Å². The lowest BCUT2D eigenvalue weighted by atomic mass is 10.0. The van der Waals surface area contributed by atoms with Gasteiger partial charge in [0.1, 0.15) is 10.7 Å². The van der Waals surface area contributed by atoms with Gasteiger partial charge in [-0.05, 0) is 51.4 Å². The normalized spacial score (nSPS) is 18.5. The Morgan fingerprint density at radius 3 is 2.74 bits per heavy atom. The second-order valence-corrected chi connectivity index (χ2v) is 6.17. The van der Waals surface area contributed by atoms with E-state index in [1.807, 2.05) is 12.1 Å². The molecule has 1 aliphatic rings. The summed E-state index contributed by atoms with van der Waals surface area (Å²) in [5.41, 5.74) is 8.03. The molecule has 0 radical (unpaired) electrons. The third kappa shape index (κ3) is 3.07. The van der Waals surface area contributed by atoms with Crippen molar-refractivity contribution in [2.45, 2.75) is 38.8 Å². The second kappa shape index (κ2) is 5.47. The number of nitrogens with zero attached hydrogens (tertiary/aromatic N) is 1. The summed E-state index contributed by atoms with van der Waals surface area (Å²) in [6.45, 7) is 6.61. The highest BCUT2D eigenvalue weighted by atomic mass is 32.1. The quantitative estimate of drug-likeness (QED) is 0.860. The van der Waals surface area contributed by atoms with Gasteiger partial charge in [-0.15, -0.1) is 0 Å². The molecule has 0 saturated carbocycles. The van der Waals surface area contributed by atoms with Gasteiger partial charge in [0.05, 0.1) is 7.11 Å². The fraction of sp³-hybridized carbons (Fsp3) is 0.533. The predicted molar refractivity (Wildman–Crippen MR) is 82.6 cm³/mol. The van der Waals surface area contributed by atoms with Gasteiger partial charge in [-0.3, -0.25) is 4.90 Å². The van der Waals surface area contributed by atoms with E-state index in [-0.39, 0.29) is 5.54 Å². The van der Waals surface area contributed by atoms with Crippen LogP contribution in [0.15, 0.2) is 18.2 Å². The van der Waals surface area contributed by atoms with E-state index in [0.717, 1.165) is 30.0 Å². The van der Waals surface area contributed by atoms with Crippen molar-refractivity contribution in [3.63, 3.8) is 0 Å². The zero-order valence-corrected chi connectivity index (χ0v) is 12.7. The molecule has 0 bridgehead atoms. The summed E-state index contributed by atoms with van der Waals surface area (Å²) in [7, 11) is 1.70. The third-order valence-corrected chi connectivity index (χ3v) is 4.23. The van der Waals surface area contributed by atoms with Crippen molar-refractivity contribution in [2.75, 3.05) is 13.7 Å². The van der Waals surface area contributed by atoms with E-state index in [9.17, 15) is 0 Å². The van der Waals surface area contributed by atoms with E-state index in [1.54, 1.807) is 7.11 Å². The Balaban J connectivity index is 2.27. The van der Waals surface area contributed by atoms with Crippen LogP contribution in [-0.2, 0) is 6.54 Å². The summed E-state index contributed by atoms with van der Waals surface area (Å²) in [4.78, 5) is 2.93. The topological polar surface area (TPSA) is 38.5 Å². The number of ether oxygens (including phenoxy) is 1. The molecule has 0 unspecified atom stereocenters. The summed E-state index contributed by atoms with van der Waals surface area (Å²) < 4.78 is 5.45. The third-order valence-electron chi connectivity index (χ3n) is 4.00. The average molecular weight is 278 g/mol. The maximum Gasteiger partial charge on any atom is 0.123 e. The number of hydrogen-bond donors (Lipinski definition) is 1. The number of methoxy groups -OCH3 is 1. The van der Waals surface area contributed by atoms with Gasteiger partial charge in [0, 0.05) is 23.2 Å². The summed E-state index contributed by atoms with van der Waals surface area (Å²) in [5.74, 6) is 0.905. The minimum Gasteiger partial charge on any atom is -0.496 e. The van der Waals surface area contributed by atoms with E-state index in [0.29, 0.717) is 4.99 Å². The monoisotopic (exact) mass is 278 g/mol. The Labute approximate surface area is 120 Å². The average Bonchev–Trinajstić information content (AvgIpc) is 2.68. The first-order chi connectivity index (χ1) is 8.94. The molecule has 104 valence electrons. The van der Waals surface area contributed by atoms with Crippen molar-refractivity contribution in [3.05, 3.63) is 29.3 Å². The van der Waals surface area contributed by atoms with Gasteiger partial charge >= 0.3 is 0 Å². The Hall–Kier alpha value is -1.13. The van der Waals surface area contributed by atoms with E-state index < -0.39 is 0 Å². The van der Waals surface area contributed by atoms with Crippen molar-refractivity contribution in [2.24, 2.45) is 5.73 Å². The van der Waals surface area contributed by atoms with Crippen LogP contribution >= 0.6 is 12.2 Å². The lowest BCUT2D eigenvalue weighted by Gasteiger charge is -2.32. The first kappa shape index (κ1) is 14.3. The van der Waals surface area contributed by atoms with E-state index in [4.69, 9.17) is 22.7 Å². The van der Waals surface area contributed by atoms with E-state index >= 15 is 0 Å². The van der Waals surface area contributed by atoms with Crippen LogP contribution in [0.3, 0.4) is 0 Å². The molecule has 2 N–H and O–H groups in total. The minimum atomic E-state index is 0.254. The summed E-state index contributed by atoms with van der Waals surface area (Å²) >= 11 is 5.05. The zero-order valence-electron chi connectivity index (χ0n) is 11.9. The van der Waals surface area contributed by atoms with Crippen LogP contribution in [-0.4, -0.2) is 29.1 Å². The van der Waals surface area contributed by atoms with Crippen LogP contribution in [0.4, 0.5) is 0 Å². The van der Waals surface area contributed by atoms with Gasteiger partial charge in [-0.25, -0.2) is 0 Å². The van der Waals surface area contributed by atoms with Crippen LogP contribution in [0.2, 0.25) is 0 Å². The molecule has 4 heteroatoms. The van der Waals surface area contributed by atoms with Gasteiger partial charge in [0.25, 0.3) is 0 Å². The molecule has 1 aromatic carbocycles. The first-order valence-corrected chi connectivity index (χ1v) is 7.06. The number of benzene rings is 1. The molecule has 0 atom stereocenters. The lowest BCUT2D eigenvalue weighted by molar-refractivity contribution is 0.165. The highest BCUT2D eigenvalue weighted by Crippen LogP contribution is 2.32. The molecule has 1 aromatic rings. The van der Waals surface area contributed by atoms with Gasteiger partial charge in [-0.1, -0.05) is 12.2 Å². The number of nitrogens with two attached hydrogens (primary N) is 1. The maximum atomic E-state index is 5.71. The molecule has 0 amide bonds. The fourth-order valence-electron chi connectivity index (χ4n) is 2.72. The van der Waals surface area contributed by atoms with Crippen molar-refractivity contribution >= 4 is 17.2 Å². The molecule has 1 saturated heterocycles. The molecular weight excluding hydrogens is 256 g/mol. The molecule has 1 fully saturated rings. The molecule has 0 spiro atoms. The van der Waals surface area contributed by atoms with Crippen molar-refractivity contribution in [1.82, 2.24) is 4.90 Å². The molecule has 19 heavy (non-hydrogen) atoms. The van der Waals surface area contributed by atoms with Gasteiger partial charge < -0.3 is 10.5 Å². The number of rotatable bonds is 4. The summed E-state index contributed by atoms with van der Waals surface area (Å²) in [6.07, 6.45) is 2.49. The first-order valence-electron chi connectivity index (χ1n) is 6.66. The predicted octanol–water partition coefficient (Wildman–Crippen LogP) is 2.70. The van der Waals surface area contributed by atoms with Crippen molar-refractivity contribution in [3.8, 4) is 5.75 Å². The van der Waals surface area contributed by atoms with Gasteiger partial charge in [0.15, 0.2) is 0 Å². The highest BCUT2D eigenvalue weighted by Gasteiger charge is 2.32. The number of likely N-dealkylation sites (tertiary alicyclic amines) is 1. The Morgan fingerprint density at radius 1 is 1.47 bits per heavy atom. The van der Waals surface area contributed by atoms with E-state index in [1.165, 1.54) is 12.8 Å². The van der Waals surface area contributed by atoms with Gasteiger partial charge in [-0.2, -0.15) is 0 Å². The molecule has 1 heterocycles. The Morgan fingerprint density at radius 2 is 2.21 bits per heavy atom. The minimum absolute atomic E-state index is 0.254. The van der Waals surface area contributed by atoms with Crippen LogP contribution < -0.4 is 10.5 Å². The van der Waals surface area contributed by atoms with Crippen LogP contribution in [0.25, 0.3) is 0 Å². The number of hydrogen-bond acceptors (Lipinski definition) is 3. The second-order valence-electron chi connectivity index (χ2n) is 5.73. The molecule has 1 aliphatic heterocycles. The summed E-state index contributed by atoms with van der Waals surface area (Å²) in [5, 5.41) is 0. The fourth-order valence-corrected chi connectivity index (χ4v) is 2.84. The van der Waals surface area contributed by atoms with E-state index in [2.05, 4.69) is 24.8 Å². The van der Waals surface area contributed by atoms with Crippen LogP contribution in [0, 0.1) is 0 Å². The molecule has 2 rings (SSSR count). The molecule has 3 nitrogen and oxygen atoms in total. The SMILES string of the molecule is COc1ccc(C(N)=S)cc1CN1CCCC1(C)C. The Kier molecular flexibility index (Phi) is 4.11. The number of thiocarbonyl (C=S) groups is 1. The maximum absolute atomic E-state index is 5.71. The highest BCUT2D eigenvalue weighted by molar-refractivity contribution is 7.80. The lowest BCUT2D eigenvalue weighted by Crippen LogP contribution is -2.37. The standard InChI is InChI=1S/C15H22N2OS/c1-15(2)7-4-8-17(15)10-12-9-11(14(16)19)5-6-13(12)18-3/h5-6,9H,4,7-8,10H2,1-3H3,(H2,16,19). The molecule has 0 aromatic heterocycles. The van der Waals surface area contributed by atoms with Crippen molar-refractivity contribution < 1.29 is 4.74 Å². The largest absolute Gasteiger partial charge is 0.496 e. The zero-order chi connectivity index (χ0) is 14.0. The smallest absolute Gasteiger partial charge is 0.123 e.